The first-order valence-electron chi connectivity index (χ1n) is 15.5. The lowest BCUT2D eigenvalue weighted by atomic mass is 10.00. The SMILES string of the molecule is CCc1c(CN2CCC(Oc3ccc(C(=O)N4CCC(N5C(=O)OCc6ccccc65)CC4)c(OC)c3)CC2)ccc[n+]1[O-]. The molecular weight excluding hydrogens is 560 g/mol. The molecule has 0 saturated carbocycles. The summed E-state index contributed by atoms with van der Waals surface area (Å²) in [4.78, 5) is 32.2. The van der Waals surface area contributed by atoms with Crippen molar-refractivity contribution < 1.29 is 28.5 Å². The number of rotatable bonds is 8. The van der Waals surface area contributed by atoms with Crippen molar-refractivity contribution in [2.75, 3.05) is 38.2 Å². The monoisotopic (exact) mass is 600 g/mol. The van der Waals surface area contributed by atoms with Crippen molar-refractivity contribution in [3.05, 3.63) is 88.4 Å². The van der Waals surface area contributed by atoms with Crippen LogP contribution in [0, 0.1) is 5.21 Å². The number of cyclic esters (lactones) is 1. The van der Waals surface area contributed by atoms with Crippen LogP contribution in [0.1, 0.15) is 59.8 Å². The van der Waals surface area contributed by atoms with Gasteiger partial charge in [-0.2, -0.15) is 4.73 Å². The molecule has 0 radical (unpaired) electrons. The second-order valence-corrected chi connectivity index (χ2v) is 11.7. The Balaban J connectivity index is 1.03. The van der Waals surface area contributed by atoms with Crippen LogP contribution in [-0.4, -0.2) is 67.2 Å². The Labute approximate surface area is 258 Å². The highest BCUT2D eigenvalue weighted by Crippen LogP contribution is 2.33. The van der Waals surface area contributed by atoms with Crippen molar-refractivity contribution in [1.82, 2.24) is 9.80 Å². The van der Waals surface area contributed by atoms with E-state index in [-0.39, 0.29) is 24.1 Å². The van der Waals surface area contributed by atoms with Crippen molar-refractivity contribution in [3.8, 4) is 11.5 Å². The summed E-state index contributed by atoms with van der Waals surface area (Å²) in [5.41, 5.74) is 4.31. The number of piperidine rings is 2. The van der Waals surface area contributed by atoms with E-state index in [4.69, 9.17) is 14.2 Å². The smallest absolute Gasteiger partial charge is 0.414 e. The number of carbonyl (C=O) groups is 2. The molecule has 0 bridgehead atoms. The van der Waals surface area contributed by atoms with Crippen molar-refractivity contribution in [2.24, 2.45) is 0 Å². The second kappa shape index (κ2) is 13.1. The second-order valence-electron chi connectivity index (χ2n) is 11.7. The number of amides is 2. The summed E-state index contributed by atoms with van der Waals surface area (Å²) in [6, 6.07) is 17.1. The van der Waals surface area contributed by atoms with Crippen molar-refractivity contribution in [1.29, 1.82) is 0 Å². The summed E-state index contributed by atoms with van der Waals surface area (Å²) >= 11 is 0. The van der Waals surface area contributed by atoms with Gasteiger partial charge < -0.3 is 24.3 Å². The molecule has 2 saturated heterocycles. The Hall–Kier alpha value is -4.31. The number of ether oxygens (including phenoxy) is 3. The number of fused-ring (bicyclic) bond motifs is 1. The summed E-state index contributed by atoms with van der Waals surface area (Å²) < 4.78 is 18.4. The lowest BCUT2D eigenvalue weighted by molar-refractivity contribution is -0.614. The maximum absolute atomic E-state index is 13.6. The molecule has 2 fully saturated rings. The molecule has 1 aromatic heterocycles. The molecule has 3 aliphatic heterocycles. The largest absolute Gasteiger partial charge is 0.618 e. The maximum atomic E-state index is 13.6. The molecule has 0 N–H and O–H groups in total. The van der Waals surface area contributed by atoms with Gasteiger partial charge in [-0.1, -0.05) is 25.1 Å². The predicted molar refractivity (Wildman–Crippen MR) is 165 cm³/mol. The number of nitrogens with zero attached hydrogens (tertiary/aromatic N) is 4. The van der Waals surface area contributed by atoms with Crippen molar-refractivity contribution in [2.45, 2.75) is 64.3 Å². The normalized spacial score (nSPS) is 18.1. The van der Waals surface area contributed by atoms with Crippen LogP contribution < -0.4 is 19.1 Å². The summed E-state index contributed by atoms with van der Waals surface area (Å²) in [6.45, 7) is 5.89. The molecule has 2 aromatic carbocycles. The van der Waals surface area contributed by atoms with E-state index < -0.39 is 0 Å². The van der Waals surface area contributed by atoms with Gasteiger partial charge in [0.1, 0.15) is 24.2 Å². The minimum absolute atomic E-state index is 0.0264. The molecule has 0 aliphatic carbocycles. The number of carbonyl (C=O) groups excluding carboxylic acids is 2. The summed E-state index contributed by atoms with van der Waals surface area (Å²) in [5.74, 6) is 1.08. The Morgan fingerprint density at radius 1 is 1.02 bits per heavy atom. The molecule has 3 aromatic rings. The van der Waals surface area contributed by atoms with Crippen LogP contribution in [0.4, 0.5) is 10.5 Å². The average Bonchev–Trinajstić information content (AvgIpc) is 3.05. The van der Waals surface area contributed by atoms with Crippen LogP contribution in [0.15, 0.2) is 60.8 Å². The number of benzene rings is 2. The van der Waals surface area contributed by atoms with E-state index in [1.165, 1.54) is 0 Å². The van der Waals surface area contributed by atoms with Gasteiger partial charge in [0.05, 0.1) is 18.4 Å². The average molecular weight is 601 g/mol. The third-order valence-electron chi connectivity index (χ3n) is 9.04. The fourth-order valence-corrected chi connectivity index (χ4v) is 6.65. The first-order chi connectivity index (χ1) is 21.4. The van der Waals surface area contributed by atoms with Crippen LogP contribution >= 0.6 is 0 Å². The zero-order valence-corrected chi connectivity index (χ0v) is 25.4. The van der Waals surface area contributed by atoms with Gasteiger partial charge in [0.15, 0.2) is 11.9 Å². The van der Waals surface area contributed by atoms with Crippen LogP contribution in [0.25, 0.3) is 0 Å². The molecule has 10 heteroatoms. The number of hydrogen-bond donors (Lipinski definition) is 0. The van der Waals surface area contributed by atoms with Gasteiger partial charge in [0, 0.05) is 68.4 Å². The van der Waals surface area contributed by atoms with E-state index in [9.17, 15) is 14.8 Å². The van der Waals surface area contributed by atoms with E-state index in [0.29, 0.717) is 56.0 Å². The molecular formula is C34H40N4O6. The number of hydrogen-bond acceptors (Lipinski definition) is 7. The number of likely N-dealkylation sites (tertiary alicyclic amines) is 2. The number of aromatic nitrogens is 1. The first kappa shape index (κ1) is 29.7. The standard InChI is InChI=1S/C34H40N4O6/c1-3-30-24(8-6-16-37(30)41)22-35-17-14-27(15-18-35)44-28-10-11-29(32(21-28)42-2)33(39)36-19-12-26(13-20-36)38-31-9-5-4-7-25(31)23-43-34(38)40/h4-11,16,21,26-27H,3,12-15,17-20,22-23H2,1-2H3. The van der Waals surface area contributed by atoms with E-state index in [1.807, 2.05) is 54.3 Å². The number of para-hydroxylation sites is 1. The number of anilines is 1. The molecule has 2 amide bonds. The van der Waals surface area contributed by atoms with Gasteiger partial charge in [-0.05, 0) is 49.9 Å². The van der Waals surface area contributed by atoms with Gasteiger partial charge in [-0.15, -0.1) is 0 Å². The molecule has 0 unspecified atom stereocenters. The maximum Gasteiger partial charge on any atom is 0.414 e. The fourth-order valence-electron chi connectivity index (χ4n) is 6.65. The lowest BCUT2D eigenvalue weighted by Crippen LogP contribution is -2.50. The number of methoxy groups -OCH3 is 1. The van der Waals surface area contributed by atoms with Crippen molar-refractivity contribution >= 4 is 17.7 Å². The Morgan fingerprint density at radius 3 is 2.55 bits per heavy atom. The van der Waals surface area contributed by atoms with E-state index >= 15 is 0 Å². The molecule has 10 nitrogen and oxygen atoms in total. The first-order valence-corrected chi connectivity index (χ1v) is 15.5. The Bertz CT molecular complexity index is 1500. The van der Waals surface area contributed by atoms with Gasteiger partial charge in [0.25, 0.3) is 5.91 Å². The Morgan fingerprint density at radius 2 is 1.80 bits per heavy atom. The van der Waals surface area contributed by atoms with Crippen LogP contribution in [0.3, 0.4) is 0 Å². The molecule has 0 atom stereocenters. The van der Waals surface area contributed by atoms with Gasteiger partial charge >= 0.3 is 6.09 Å². The third-order valence-corrected chi connectivity index (χ3v) is 9.04. The summed E-state index contributed by atoms with van der Waals surface area (Å²) in [6.07, 6.45) is 5.09. The highest BCUT2D eigenvalue weighted by molar-refractivity contribution is 5.97. The van der Waals surface area contributed by atoms with E-state index in [1.54, 1.807) is 30.3 Å². The van der Waals surface area contributed by atoms with Gasteiger partial charge in [-0.25, -0.2) is 4.79 Å². The summed E-state index contributed by atoms with van der Waals surface area (Å²) in [7, 11) is 1.57. The van der Waals surface area contributed by atoms with Crippen LogP contribution in [-0.2, 0) is 24.3 Å². The fraction of sp³-hybridized carbons (Fsp3) is 0.441. The number of pyridine rings is 1. The molecule has 232 valence electrons. The molecule has 3 aliphatic rings. The topological polar surface area (TPSA) is 98.5 Å². The molecule has 44 heavy (non-hydrogen) atoms. The summed E-state index contributed by atoms with van der Waals surface area (Å²) in [5, 5.41) is 12.1. The highest BCUT2D eigenvalue weighted by atomic mass is 16.6. The predicted octanol–water partition coefficient (Wildman–Crippen LogP) is 4.70. The molecule has 0 spiro atoms. The molecule has 4 heterocycles. The van der Waals surface area contributed by atoms with E-state index in [2.05, 4.69) is 4.90 Å². The quantitative estimate of drug-likeness (QED) is 0.273. The third kappa shape index (κ3) is 6.17. The minimum Gasteiger partial charge on any atom is -0.618 e. The zero-order chi connectivity index (χ0) is 30.6. The minimum atomic E-state index is -0.324. The Kier molecular flexibility index (Phi) is 8.88. The lowest BCUT2D eigenvalue weighted by Gasteiger charge is -2.40. The zero-order valence-electron chi connectivity index (χ0n) is 25.4. The van der Waals surface area contributed by atoms with Gasteiger partial charge in [-0.3, -0.25) is 14.6 Å². The van der Waals surface area contributed by atoms with Gasteiger partial charge in [0.2, 0.25) is 0 Å². The molecule has 6 rings (SSSR count). The van der Waals surface area contributed by atoms with Crippen LogP contribution in [0.2, 0.25) is 0 Å². The highest BCUT2D eigenvalue weighted by Gasteiger charge is 2.35. The van der Waals surface area contributed by atoms with Crippen molar-refractivity contribution in [3.63, 3.8) is 0 Å². The van der Waals surface area contributed by atoms with E-state index in [0.717, 1.165) is 59.7 Å². The van der Waals surface area contributed by atoms with Crippen LogP contribution in [0.5, 0.6) is 11.5 Å².